The summed E-state index contributed by atoms with van der Waals surface area (Å²) in [5, 5.41) is 18.9. The largest absolute Gasteiger partial charge is 0.445 e. The second kappa shape index (κ2) is 7.26. The standard InChI is InChI=1S/C15H21NO4/c17-10-14(18)13-8-4-5-9-16(13)15(19)20-11-12-6-2-1-3-7-12/h1-3,6-7,13-14,17-18H,4-5,8-11H2/t13-,14+/m0/s1. The molecule has 0 radical (unpaired) electrons. The molecule has 1 aliphatic rings. The van der Waals surface area contributed by atoms with Crippen molar-refractivity contribution in [2.45, 2.75) is 38.0 Å². The number of benzene rings is 1. The fraction of sp³-hybridized carbons (Fsp3) is 0.533. The van der Waals surface area contributed by atoms with Crippen LogP contribution in [0.5, 0.6) is 0 Å². The highest BCUT2D eigenvalue weighted by atomic mass is 16.6. The van der Waals surface area contributed by atoms with Gasteiger partial charge in [-0.1, -0.05) is 30.3 Å². The molecular weight excluding hydrogens is 258 g/mol. The zero-order valence-electron chi connectivity index (χ0n) is 11.4. The third-order valence-electron chi connectivity index (χ3n) is 3.62. The molecule has 2 rings (SSSR count). The van der Waals surface area contributed by atoms with Gasteiger partial charge >= 0.3 is 6.09 Å². The van der Waals surface area contributed by atoms with Crippen LogP contribution in [0.1, 0.15) is 24.8 Å². The van der Waals surface area contributed by atoms with Crippen molar-refractivity contribution in [2.24, 2.45) is 0 Å². The van der Waals surface area contributed by atoms with Gasteiger partial charge in [0.1, 0.15) is 6.61 Å². The van der Waals surface area contributed by atoms with E-state index >= 15 is 0 Å². The molecule has 1 amide bonds. The zero-order valence-corrected chi connectivity index (χ0v) is 11.4. The smallest absolute Gasteiger partial charge is 0.410 e. The molecule has 1 aliphatic heterocycles. The SMILES string of the molecule is O=C(OCc1ccccc1)N1CCCC[C@H]1[C@H](O)CO. The first-order chi connectivity index (χ1) is 9.72. The van der Waals surface area contributed by atoms with Gasteiger partial charge in [0.15, 0.2) is 0 Å². The van der Waals surface area contributed by atoms with Gasteiger partial charge in [0.2, 0.25) is 0 Å². The number of aliphatic hydroxyl groups is 2. The summed E-state index contributed by atoms with van der Waals surface area (Å²) in [6.07, 6.45) is 1.21. The molecular formula is C15H21NO4. The molecule has 1 fully saturated rings. The first-order valence-corrected chi connectivity index (χ1v) is 6.98. The van der Waals surface area contributed by atoms with Gasteiger partial charge < -0.3 is 19.8 Å². The number of carbonyl (C=O) groups excluding carboxylic acids is 1. The molecule has 0 bridgehead atoms. The van der Waals surface area contributed by atoms with Crippen LogP contribution in [0.25, 0.3) is 0 Å². The third kappa shape index (κ3) is 3.71. The summed E-state index contributed by atoms with van der Waals surface area (Å²) in [4.78, 5) is 13.6. The van der Waals surface area contributed by atoms with E-state index in [-0.39, 0.29) is 19.3 Å². The first kappa shape index (κ1) is 14.8. The Morgan fingerprint density at radius 3 is 2.80 bits per heavy atom. The van der Waals surface area contributed by atoms with Gasteiger partial charge in [0.25, 0.3) is 0 Å². The van der Waals surface area contributed by atoms with Crippen LogP contribution in [-0.4, -0.2) is 46.5 Å². The number of ether oxygens (including phenoxy) is 1. The second-order valence-corrected chi connectivity index (χ2v) is 5.05. The van der Waals surface area contributed by atoms with Crippen molar-refractivity contribution in [1.82, 2.24) is 4.90 Å². The van der Waals surface area contributed by atoms with Crippen molar-refractivity contribution in [3.05, 3.63) is 35.9 Å². The minimum Gasteiger partial charge on any atom is -0.445 e. The van der Waals surface area contributed by atoms with E-state index in [0.717, 1.165) is 18.4 Å². The van der Waals surface area contributed by atoms with Gasteiger partial charge in [-0.15, -0.1) is 0 Å². The maximum atomic E-state index is 12.1. The van der Waals surface area contributed by atoms with Gasteiger partial charge in [-0.25, -0.2) is 4.79 Å². The molecule has 1 saturated heterocycles. The van der Waals surface area contributed by atoms with Gasteiger partial charge in [0.05, 0.1) is 18.8 Å². The summed E-state index contributed by atoms with van der Waals surface area (Å²) < 4.78 is 5.29. The van der Waals surface area contributed by atoms with Gasteiger partial charge in [0, 0.05) is 6.54 Å². The molecule has 0 aromatic heterocycles. The number of likely N-dealkylation sites (tertiary alicyclic amines) is 1. The number of piperidine rings is 1. The van der Waals surface area contributed by atoms with Gasteiger partial charge in [-0.3, -0.25) is 0 Å². The van der Waals surface area contributed by atoms with E-state index in [1.807, 2.05) is 30.3 Å². The Bertz CT molecular complexity index is 423. The summed E-state index contributed by atoms with van der Waals surface area (Å²) in [6, 6.07) is 9.12. The lowest BCUT2D eigenvalue weighted by atomic mass is 9.98. The Kier molecular flexibility index (Phi) is 5.38. The van der Waals surface area contributed by atoms with Crippen molar-refractivity contribution < 1.29 is 19.7 Å². The third-order valence-corrected chi connectivity index (χ3v) is 3.62. The molecule has 0 saturated carbocycles. The van der Waals surface area contributed by atoms with Crippen molar-refractivity contribution in [3.63, 3.8) is 0 Å². The second-order valence-electron chi connectivity index (χ2n) is 5.05. The maximum absolute atomic E-state index is 12.1. The monoisotopic (exact) mass is 279 g/mol. The fourth-order valence-electron chi connectivity index (χ4n) is 2.51. The van der Waals surface area contributed by atoms with E-state index in [4.69, 9.17) is 9.84 Å². The molecule has 1 aromatic rings. The molecule has 0 unspecified atom stereocenters. The van der Waals surface area contributed by atoms with Crippen LogP contribution in [0.4, 0.5) is 4.79 Å². The van der Waals surface area contributed by atoms with Gasteiger partial charge in [-0.05, 0) is 24.8 Å². The Labute approximate surface area is 118 Å². The predicted molar refractivity (Wildman–Crippen MR) is 74.1 cm³/mol. The van der Waals surface area contributed by atoms with E-state index in [2.05, 4.69) is 0 Å². The average molecular weight is 279 g/mol. The summed E-state index contributed by atoms with van der Waals surface area (Å²) in [7, 11) is 0. The minimum atomic E-state index is -0.903. The first-order valence-electron chi connectivity index (χ1n) is 6.98. The lowest BCUT2D eigenvalue weighted by molar-refractivity contribution is -0.00887. The molecule has 110 valence electrons. The number of hydrogen-bond acceptors (Lipinski definition) is 4. The quantitative estimate of drug-likeness (QED) is 0.877. The number of amides is 1. The Hall–Kier alpha value is -1.59. The molecule has 5 nitrogen and oxygen atoms in total. The average Bonchev–Trinajstić information content (AvgIpc) is 2.52. The van der Waals surface area contributed by atoms with Crippen molar-refractivity contribution in [3.8, 4) is 0 Å². The fourth-order valence-corrected chi connectivity index (χ4v) is 2.51. The van der Waals surface area contributed by atoms with Crippen LogP contribution in [0, 0.1) is 0 Å². The lowest BCUT2D eigenvalue weighted by Crippen LogP contribution is -2.51. The van der Waals surface area contributed by atoms with Crippen LogP contribution >= 0.6 is 0 Å². The maximum Gasteiger partial charge on any atom is 0.410 e. The molecule has 20 heavy (non-hydrogen) atoms. The number of hydrogen-bond donors (Lipinski definition) is 2. The van der Waals surface area contributed by atoms with Crippen molar-refractivity contribution >= 4 is 6.09 Å². The van der Waals surface area contributed by atoms with Crippen LogP contribution in [0.15, 0.2) is 30.3 Å². The van der Waals surface area contributed by atoms with E-state index < -0.39 is 12.2 Å². The molecule has 1 aromatic carbocycles. The molecule has 1 heterocycles. The number of carbonyl (C=O) groups is 1. The highest BCUT2D eigenvalue weighted by Gasteiger charge is 2.32. The Balaban J connectivity index is 1.92. The number of rotatable bonds is 4. The number of aliphatic hydroxyl groups excluding tert-OH is 2. The van der Waals surface area contributed by atoms with Crippen molar-refractivity contribution in [2.75, 3.05) is 13.2 Å². The molecule has 5 heteroatoms. The Morgan fingerprint density at radius 2 is 2.10 bits per heavy atom. The highest BCUT2D eigenvalue weighted by Crippen LogP contribution is 2.21. The van der Waals surface area contributed by atoms with E-state index in [0.29, 0.717) is 13.0 Å². The lowest BCUT2D eigenvalue weighted by Gasteiger charge is -2.37. The highest BCUT2D eigenvalue weighted by molar-refractivity contribution is 5.68. The van der Waals surface area contributed by atoms with E-state index in [9.17, 15) is 9.90 Å². The summed E-state index contributed by atoms with van der Waals surface area (Å²) in [5.74, 6) is 0. The van der Waals surface area contributed by atoms with Crippen LogP contribution in [0.2, 0.25) is 0 Å². The predicted octanol–water partition coefficient (Wildman–Crippen LogP) is 1.53. The normalized spacial score (nSPS) is 20.5. The molecule has 0 spiro atoms. The zero-order chi connectivity index (χ0) is 14.4. The Morgan fingerprint density at radius 1 is 1.35 bits per heavy atom. The molecule has 2 N–H and O–H groups in total. The van der Waals surface area contributed by atoms with Crippen LogP contribution < -0.4 is 0 Å². The van der Waals surface area contributed by atoms with Gasteiger partial charge in [-0.2, -0.15) is 0 Å². The molecule has 2 atom stereocenters. The number of nitrogens with zero attached hydrogens (tertiary/aromatic N) is 1. The van der Waals surface area contributed by atoms with E-state index in [1.54, 1.807) is 0 Å². The van der Waals surface area contributed by atoms with E-state index in [1.165, 1.54) is 4.90 Å². The van der Waals surface area contributed by atoms with Crippen molar-refractivity contribution in [1.29, 1.82) is 0 Å². The molecule has 0 aliphatic carbocycles. The minimum absolute atomic E-state index is 0.220. The summed E-state index contributed by atoms with van der Waals surface area (Å²) in [6.45, 7) is 0.445. The summed E-state index contributed by atoms with van der Waals surface area (Å²) >= 11 is 0. The van der Waals surface area contributed by atoms with Crippen LogP contribution in [-0.2, 0) is 11.3 Å². The van der Waals surface area contributed by atoms with Crippen LogP contribution in [0.3, 0.4) is 0 Å². The summed E-state index contributed by atoms with van der Waals surface area (Å²) in [5.41, 5.74) is 0.928. The topological polar surface area (TPSA) is 70.0 Å².